The van der Waals surface area contributed by atoms with E-state index >= 15 is 0 Å². The Morgan fingerprint density at radius 1 is 0.968 bits per heavy atom. The molecule has 0 spiro atoms. The first-order valence-corrected chi connectivity index (χ1v) is 10.2. The van der Waals surface area contributed by atoms with Crippen molar-refractivity contribution in [2.75, 3.05) is 11.5 Å². The summed E-state index contributed by atoms with van der Waals surface area (Å²) in [6.45, 7) is 0.506. The first-order chi connectivity index (χ1) is 15.0. The van der Waals surface area contributed by atoms with Crippen LogP contribution in [0.2, 0.25) is 5.02 Å². The highest BCUT2D eigenvalue weighted by Crippen LogP contribution is 2.34. The number of anilines is 1. The predicted molar refractivity (Wildman–Crippen MR) is 116 cm³/mol. The maximum Gasteiger partial charge on any atom is 0.266 e. The van der Waals surface area contributed by atoms with Crippen molar-refractivity contribution >= 4 is 35.0 Å². The Morgan fingerprint density at radius 2 is 1.71 bits per heavy atom. The minimum Gasteiger partial charge on any atom is -0.493 e. The van der Waals surface area contributed by atoms with Gasteiger partial charge >= 0.3 is 0 Å². The second-order valence-electron chi connectivity index (χ2n) is 7.36. The van der Waals surface area contributed by atoms with E-state index in [1.807, 2.05) is 24.3 Å². The van der Waals surface area contributed by atoms with Gasteiger partial charge in [0.25, 0.3) is 17.7 Å². The van der Waals surface area contributed by atoms with Crippen molar-refractivity contribution in [1.82, 2.24) is 5.32 Å². The molecule has 7 heteroatoms. The highest BCUT2D eigenvalue weighted by molar-refractivity contribution is 6.39. The Hall–Kier alpha value is -3.64. The van der Waals surface area contributed by atoms with E-state index in [-0.39, 0.29) is 23.1 Å². The summed E-state index contributed by atoms with van der Waals surface area (Å²) in [6.07, 6.45) is 0.644. The summed E-state index contributed by atoms with van der Waals surface area (Å²) in [7, 11) is 0. The van der Waals surface area contributed by atoms with Crippen molar-refractivity contribution in [2.24, 2.45) is 0 Å². The van der Waals surface area contributed by atoms with E-state index < -0.39 is 11.8 Å². The summed E-state index contributed by atoms with van der Waals surface area (Å²) in [5.41, 5.74) is 1.98. The van der Waals surface area contributed by atoms with Gasteiger partial charge in [0.1, 0.15) is 5.75 Å². The number of ether oxygens (including phenoxy) is 1. The lowest BCUT2D eigenvalue weighted by atomic mass is 9.99. The van der Waals surface area contributed by atoms with Gasteiger partial charge in [-0.2, -0.15) is 0 Å². The Morgan fingerprint density at radius 3 is 2.55 bits per heavy atom. The van der Waals surface area contributed by atoms with Crippen LogP contribution in [0, 0.1) is 0 Å². The van der Waals surface area contributed by atoms with Gasteiger partial charge in [-0.15, -0.1) is 0 Å². The number of rotatable bonds is 3. The van der Waals surface area contributed by atoms with Crippen LogP contribution in [0.5, 0.6) is 5.75 Å². The van der Waals surface area contributed by atoms with Gasteiger partial charge < -0.3 is 10.1 Å². The zero-order valence-corrected chi connectivity index (χ0v) is 17.1. The van der Waals surface area contributed by atoms with Crippen LogP contribution in [-0.4, -0.2) is 24.3 Å². The molecular weight excluding hydrogens is 416 g/mol. The molecule has 0 aliphatic carbocycles. The number of hydrogen-bond acceptors (Lipinski definition) is 4. The molecule has 3 amide bonds. The van der Waals surface area contributed by atoms with Crippen LogP contribution in [-0.2, 0) is 0 Å². The molecular formula is C24H17ClN2O4. The number of para-hydroxylation sites is 2. The average molecular weight is 433 g/mol. The topological polar surface area (TPSA) is 75.7 Å². The third-order valence-corrected chi connectivity index (χ3v) is 5.83. The maximum atomic E-state index is 13.0. The van der Waals surface area contributed by atoms with E-state index in [1.165, 1.54) is 12.1 Å². The number of halogens is 1. The van der Waals surface area contributed by atoms with Crippen LogP contribution in [0.1, 0.15) is 49.1 Å². The smallest absolute Gasteiger partial charge is 0.266 e. The Bertz CT molecular complexity index is 1240. The fraction of sp³-hybridized carbons (Fsp3) is 0.125. The van der Waals surface area contributed by atoms with Crippen LogP contribution in [0.15, 0.2) is 66.7 Å². The molecule has 2 heterocycles. The molecule has 0 aromatic heterocycles. The molecule has 6 nitrogen and oxygen atoms in total. The Labute approximate surface area is 183 Å². The van der Waals surface area contributed by atoms with Crippen molar-refractivity contribution in [2.45, 2.75) is 12.5 Å². The van der Waals surface area contributed by atoms with Crippen LogP contribution in [0.25, 0.3) is 0 Å². The lowest BCUT2D eigenvalue weighted by molar-refractivity contribution is 0.0916. The Balaban J connectivity index is 1.42. The van der Waals surface area contributed by atoms with Gasteiger partial charge in [0, 0.05) is 17.5 Å². The van der Waals surface area contributed by atoms with Crippen LogP contribution >= 0.6 is 11.6 Å². The second-order valence-corrected chi connectivity index (χ2v) is 7.77. The summed E-state index contributed by atoms with van der Waals surface area (Å²) < 4.78 is 5.64. The summed E-state index contributed by atoms with van der Waals surface area (Å²) in [6, 6.07) is 18.6. The number of carbonyl (C=O) groups excluding carboxylic acids is 3. The fourth-order valence-corrected chi connectivity index (χ4v) is 4.19. The molecule has 154 valence electrons. The molecule has 0 saturated heterocycles. The van der Waals surface area contributed by atoms with E-state index in [4.69, 9.17) is 16.3 Å². The molecule has 1 N–H and O–H groups in total. The number of imide groups is 1. The normalized spacial score (nSPS) is 17.1. The highest BCUT2D eigenvalue weighted by Gasteiger charge is 2.38. The maximum absolute atomic E-state index is 13.0. The monoisotopic (exact) mass is 432 g/mol. The molecule has 0 unspecified atom stereocenters. The molecule has 3 aromatic carbocycles. The highest BCUT2D eigenvalue weighted by atomic mass is 35.5. The van der Waals surface area contributed by atoms with Crippen molar-refractivity contribution in [3.63, 3.8) is 0 Å². The van der Waals surface area contributed by atoms with Crippen molar-refractivity contribution < 1.29 is 19.1 Å². The number of benzene rings is 3. The number of fused-ring (bicyclic) bond motifs is 2. The van der Waals surface area contributed by atoms with Crippen molar-refractivity contribution in [1.29, 1.82) is 0 Å². The van der Waals surface area contributed by atoms with Gasteiger partial charge in [0.2, 0.25) is 0 Å². The van der Waals surface area contributed by atoms with Crippen LogP contribution in [0.4, 0.5) is 5.69 Å². The quantitative estimate of drug-likeness (QED) is 0.622. The summed E-state index contributed by atoms with van der Waals surface area (Å²) in [5.74, 6) is -0.525. The molecule has 1 atom stereocenters. The molecule has 5 rings (SSSR count). The lowest BCUT2D eigenvalue weighted by Gasteiger charge is -2.26. The number of amides is 3. The zero-order chi connectivity index (χ0) is 21.5. The molecule has 0 saturated carbocycles. The minimum absolute atomic E-state index is 0.185. The third kappa shape index (κ3) is 3.25. The summed E-state index contributed by atoms with van der Waals surface area (Å²) in [5, 5.41) is 3.31. The van der Waals surface area contributed by atoms with E-state index in [0.717, 1.165) is 16.2 Å². The first kappa shape index (κ1) is 19.3. The van der Waals surface area contributed by atoms with E-state index in [0.29, 0.717) is 29.3 Å². The van der Waals surface area contributed by atoms with E-state index in [2.05, 4.69) is 5.32 Å². The first-order valence-electron chi connectivity index (χ1n) is 9.84. The van der Waals surface area contributed by atoms with Crippen molar-refractivity contribution in [3.8, 4) is 5.75 Å². The van der Waals surface area contributed by atoms with Crippen molar-refractivity contribution in [3.05, 3.63) is 94.0 Å². The fourth-order valence-electron chi connectivity index (χ4n) is 3.97. The second kappa shape index (κ2) is 7.56. The van der Waals surface area contributed by atoms with Gasteiger partial charge in [-0.3, -0.25) is 14.4 Å². The Kier molecular flexibility index (Phi) is 4.71. The lowest BCUT2D eigenvalue weighted by Crippen LogP contribution is -2.32. The van der Waals surface area contributed by atoms with Crippen LogP contribution < -0.4 is 15.0 Å². The van der Waals surface area contributed by atoms with E-state index in [9.17, 15) is 14.4 Å². The molecule has 0 fully saturated rings. The molecule has 0 bridgehead atoms. The van der Waals surface area contributed by atoms with Crippen LogP contribution in [0.3, 0.4) is 0 Å². The standard InChI is InChI=1S/C24H17ClN2O4/c25-18-6-2-3-7-20(18)27-23(29)15-10-9-14(13-17(15)24(27)30)22(28)26-19-11-12-31-21-8-4-1-5-16(19)21/h1-10,13,19H,11-12H2,(H,26,28)/t19-/m1/s1. The SMILES string of the molecule is O=C(N[C@@H]1CCOc2ccccc21)c1ccc2c(c1)C(=O)N(c1ccccc1Cl)C2=O. The molecule has 0 radical (unpaired) electrons. The zero-order valence-electron chi connectivity index (χ0n) is 16.3. The van der Waals surface area contributed by atoms with Gasteiger partial charge in [0.05, 0.1) is 34.5 Å². The third-order valence-electron chi connectivity index (χ3n) is 5.51. The van der Waals surface area contributed by atoms with E-state index in [1.54, 1.807) is 30.3 Å². The summed E-state index contributed by atoms with van der Waals surface area (Å²) >= 11 is 6.19. The average Bonchev–Trinajstić information content (AvgIpc) is 3.04. The van der Waals surface area contributed by atoms with Gasteiger partial charge in [-0.1, -0.05) is 41.9 Å². The largest absolute Gasteiger partial charge is 0.493 e. The molecule has 31 heavy (non-hydrogen) atoms. The molecule has 3 aromatic rings. The number of nitrogens with one attached hydrogen (secondary N) is 1. The molecule has 2 aliphatic rings. The van der Waals surface area contributed by atoms with Gasteiger partial charge in [0.15, 0.2) is 0 Å². The predicted octanol–water partition coefficient (Wildman–Crippen LogP) is 4.39. The number of carbonyl (C=O) groups is 3. The number of nitrogens with zero attached hydrogens (tertiary/aromatic N) is 1. The van der Waals surface area contributed by atoms with Gasteiger partial charge in [-0.05, 0) is 36.4 Å². The number of hydrogen-bond donors (Lipinski definition) is 1. The summed E-state index contributed by atoms with van der Waals surface area (Å²) in [4.78, 5) is 39.8. The molecule has 2 aliphatic heterocycles. The van der Waals surface area contributed by atoms with Gasteiger partial charge in [-0.25, -0.2) is 4.90 Å². The minimum atomic E-state index is -0.501.